The molecule has 4 rings (SSSR count). The number of sulfonamides is 1. The molecule has 0 amide bonds. The van der Waals surface area contributed by atoms with Gasteiger partial charge in [-0.05, 0) is 50.2 Å². The predicted octanol–water partition coefficient (Wildman–Crippen LogP) is 0.970. The Morgan fingerprint density at radius 2 is 1.73 bits per heavy atom. The van der Waals surface area contributed by atoms with Gasteiger partial charge in [-0.1, -0.05) is 0 Å². The second-order valence-corrected chi connectivity index (χ2v) is 8.72. The van der Waals surface area contributed by atoms with E-state index in [-0.39, 0.29) is 5.25 Å². The Bertz CT molecular complexity index is 664. The average molecular weight is 322 g/mol. The molecule has 0 aromatic carbocycles. The van der Waals surface area contributed by atoms with Crippen LogP contribution in [0.4, 0.5) is 5.82 Å². The summed E-state index contributed by atoms with van der Waals surface area (Å²) in [5.41, 5.74) is 2.47. The van der Waals surface area contributed by atoms with Crippen LogP contribution in [-0.4, -0.2) is 54.3 Å². The van der Waals surface area contributed by atoms with Crippen LogP contribution in [-0.2, 0) is 22.9 Å². The number of anilines is 1. The zero-order valence-corrected chi connectivity index (χ0v) is 13.6. The quantitative estimate of drug-likeness (QED) is 0.829. The fraction of sp³-hybridized carbons (Fsp3) is 0.733. The van der Waals surface area contributed by atoms with Gasteiger partial charge in [0, 0.05) is 26.2 Å². The monoisotopic (exact) mass is 322 g/mol. The van der Waals surface area contributed by atoms with Gasteiger partial charge < -0.3 is 4.90 Å². The van der Waals surface area contributed by atoms with Crippen molar-refractivity contribution in [3.05, 3.63) is 17.3 Å². The highest BCUT2D eigenvalue weighted by Gasteiger charge is 2.41. The van der Waals surface area contributed by atoms with Crippen molar-refractivity contribution in [2.75, 3.05) is 31.1 Å². The minimum Gasteiger partial charge on any atom is -0.352 e. The van der Waals surface area contributed by atoms with Crippen LogP contribution in [0, 0.1) is 0 Å². The number of hydrogen-bond acceptors (Lipinski definition) is 5. The molecule has 7 heteroatoms. The smallest absolute Gasteiger partial charge is 0.217 e. The lowest BCUT2D eigenvalue weighted by Crippen LogP contribution is -2.49. The van der Waals surface area contributed by atoms with Crippen LogP contribution in [0.5, 0.6) is 0 Å². The second-order valence-electron chi connectivity index (χ2n) is 6.51. The lowest BCUT2D eigenvalue weighted by atomic mass is 9.97. The van der Waals surface area contributed by atoms with Gasteiger partial charge in [-0.15, -0.1) is 5.10 Å². The highest BCUT2D eigenvalue weighted by Crippen LogP contribution is 2.32. The van der Waals surface area contributed by atoms with E-state index in [9.17, 15) is 8.42 Å². The van der Waals surface area contributed by atoms with E-state index in [4.69, 9.17) is 0 Å². The predicted molar refractivity (Wildman–Crippen MR) is 84.4 cm³/mol. The number of rotatable bonds is 3. The standard InChI is InChI=1S/C15H22N4O2S/c20-22(21,13-5-6-13)19-9-7-18(8-10-19)15-11-12-3-1-2-4-14(12)16-17-15/h11,13H,1-10H2. The van der Waals surface area contributed by atoms with Crippen LogP contribution in [0.15, 0.2) is 6.07 Å². The van der Waals surface area contributed by atoms with Crippen LogP contribution in [0.2, 0.25) is 0 Å². The Hall–Kier alpha value is -1.21. The Labute approximate surface area is 131 Å². The molecule has 22 heavy (non-hydrogen) atoms. The molecule has 1 aromatic heterocycles. The van der Waals surface area contributed by atoms with E-state index < -0.39 is 10.0 Å². The van der Waals surface area contributed by atoms with Gasteiger partial charge in [-0.2, -0.15) is 9.40 Å². The van der Waals surface area contributed by atoms with E-state index in [1.165, 1.54) is 18.4 Å². The van der Waals surface area contributed by atoms with Gasteiger partial charge in [0.1, 0.15) is 0 Å². The summed E-state index contributed by atoms with van der Waals surface area (Å²) in [5, 5.41) is 8.63. The zero-order chi connectivity index (χ0) is 15.2. The van der Waals surface area contributed by atoms with Crippen LogP contribution in [0.25, 0.3) is 0 Å². The molecule has 3 aliphatic rings. The van der Waals surface area contributed by atoms with Crippen LogP contribution in [0.1, 0.15) is 36.9 Å². The maximum absolute atomic E-state index is 12.3. The zero-order valence-electron chi connectivity index (χ0n) is 12.7. The van der Waals surface area contributed by atoms with E-state index in [1.807, 2.05) is 0 Å². The van der Waals surface area contributed by atoms with Gasteiger partial charge in [0.05, 0.1) is 10.9 Å². The molecule has 1 saturated heterocycles. The molecule has 120 valence electrons. The van der Waals surface area contributed by atoms with E-state index in [0.29, 0.717) is 26.2 Å². The van der Waals surface area contributed by atoms with Gasteiger partial charge in [0.15, 0.2) is 5.82 Å². The number of piperazine rings is 1. The summed E-state index contributed by atoms with van der Waals surface area (Å²) in [6.45, 7) is 2.55. The number of nitrogens with zero attached hydrogens (tertiary/aromatic N) is 4. The van der Waals surface area contributed by atoms with E-state index in [2.05, 4.69) is 21.2 Å². The van der Waals surface area contributed by atoms with Crippen molar-refractivity contribution in [2.45, 2.75) is 43.8 Å². The van der Waals surface area contributed by atoms with Gasteiger partial charge in [-0.25, -0.2) is 8.42 Å². The first-order valence-electron chi connectivity index (χ1n) is 8.24. The van der Waals surface area contributed by atoms with Gasteiger partial charge in [-0.3, -0.25) is 0 Å². The summed E-state index contributed by atoms with van der Waals surface area (Å²) in [4.78, 5) is 2.17. The minimum absolute atomic E-state index is 0.109. The molecule has 1 aliphatic heterocycles. The number of aromatic nitrogens is 2. The molecule has 0 N–H and O–H groups in total. The van der Waals surface area contributed by atoms with Crippen molar-refractivity contribution in [3.8, 4) is 0 Å². The summed E-state index contributed by atoms with van der Waals surface area (Å²) in [6, 6.07) is 2.16. The fourth-order valence-electron chi connectivity index (χ4n) is 3.38. The van der Waals surface area contributed by atoms with Crippen molar-refractivity contribution < 1.29 is 8.42 Å². The van der Waals surface area contributed by atoms with Crippen LogP contribution >= 0.6 is 0 Å². The molecule has 2 aliphatic carbocycles. The van der Waals surface area contributed by atoms with Crippen LogP contribution < -0.4 is 4.90 Å². The summed E-state index contributed by atoms with van der Waals surface area (Å²) >= 11 is 0. The van der Waals surface area contributed by atoms with Crippen molar-refractivity contribution in [3.63, 3.8) is 0 Å². The summed E-state index contributed by atoms with van der Waals surface area (Å²) in [6.07, 6.45) is 6.23. The normalized spacial score (nSPS) is 23.4. The topological polar surface area (TPSA) is 66.4 Å². The molecule has 1 saturated carbocycles. The van der Waals surface area contributed by atoms with Gasteiger partial charge in [0.2, 0.25) is 10.0 Å². The molecule has 0 bridgehead atoms. The van der Waals surface area contributed by atoms with E-state index in [1.54, 1.807) is 4.31 Å². The third-order valence-electron chi connectivity index (χ3n) is 4.92. The molecule has 0 unspecified atom stereocenters. The molecule has 0 spiro atoms. The Balaban J connectivity index is 1.45. The lowest BCUT2D eigenvalue weighted by molar-refractivity contribution is 0.382. The van der Waals surface area contributed by atoms with Crippen molar-refractivity contribution in [1.29, 1.82) is 0 Å². The molecule has 0 radical (unpaired) electrons. The van der Waals surface area contributed by atoms with E-state index in [0.717, 1.165) is 37.2 Å². The first-order valence-corrected chi connectivity index (χ1v) is 9.74. The van der Waals surface area contributed by atoms with Crippen molar-refractivity contribution in [2.24, 2.45) is 0 Å². The molecule has 2 heterocycles. The summed E-state index contributed by atoms with van der Waals surface area (Å²) in [5.74, 6) is 0.907. The third kappa shape index (κ3) is 2.60. The minimum atomic E-state index is -3.04. The van der Waals surface area contributed by atoms with Crippen LogP contribution in [0.3, 0.4) is 0 Å². The molecule has 1 aromatic rings. The van der Waals surface area contributed by atoms with Gasteiger partial charge >= 0.3 is 0 Å². The molecular weight excluding hydrogens is 300 g/mol. The Morgan fingerprint density at radius 1 is 1.00 bits per heavy atom. The molecule has 0 atom stereocenters. The van der Waals surface area contributed by atoms with E-state index >= 15 is 0 Å². The third-order valence-corrected chi connectivity index (χ3v) is 7.32. The molecular formula is C15H22N4O2S. The van der Waals surface area contributed by atoms with Crippen molar-refractivity contribution >= 4 is 15.8 Å². The van der Waals surface area contributed by atoms with Gasteiger partial charge in [0.25, 0.3) is 0 Å². The van der Waals surface area contributed by atoms with Crippen molar-refractivity contribution in [1.82, 2.24) is 14.5 Å². The first-order chi connectivity index (χ1) is 10.6. The Kier molecular flexibility index (Phi) is 3.57. The fourth-order valence-corrected chi connectivity index (χ4v) is 5.21. The number of hydrogen-bond donors (Lipinski definition) is 0. The largest absolute Gasteiger partial charge is 0.352 e. The first kappa shape index (κ1) is 14.4. The maximum Gasteiger partial charge on any atom is 0.217 e. The highest BCUT2D eigenvalue weighted by atomic mass is 32.2. The SMILES string of the molecule is O=S(=O)(C1CC1)N1CCN(c2cc3c(nn2)CCCC3)CC1. The molecule has 6 nitrogen and oxygen atoms in total. The highest BCUT2D eigenvalue weighted by molar-refractivity contribution is 7.90. The summed E-state index contributed by atoms with van der Waals surface area (Å²) < 4.78 is 26.2. The number of aryl methyl sites for hydroxylation is 2. The Morgan fingerprint density at radius 3 is 2.45 bits per heavy atom. The number of fused-ring (bicyclic) bond motifs is 1. The average Bonchev–Trinajstić information content (AvgIpc) is 3.40. The second kappa shape index (κ2) is 5.45. The summed E-state index contributed by atoms with van der Waals surface area (Å²) in [7, 11) is -3.04. The lowest BCUT2D eigenvalue weighted by Gasteiger charge is -2.34. The molecule has 2 fully saturated rings. The maximum atomic E-state index is 12.3.